The Morgan fingerprint density at radius 3 is 2.17 bits per heavy atom. The minimum Gasteiger partial charge on any atom is -0.341 e. The van der Waals surface area contributed by atoms with Crippen LogP contribution < -0.4 is 5.32 Å². The largest absolute Gasteiger partial charge is 0.416 e. The third-order valence-corrected chi connectivity index (χ3v) is 5.11. The number of hydrogen-bond acceptors (Lipinski definition) is 2. The maximum Gasteiger partial charge on any atom is 0.416 e. The van der Waals surface area contributed by atoms with E-state index in [1.807, 2.05) is 54.6 Å². The highest BCUT2D eigenvalue weighted by molar-refractivity contribution is 7.71. The smallest absolute Gasteiger partial charge is 0.341 e. The van der Waals surface area contributed by atoms with E-state index in [4.69, 9.17) is 12.2 Å². The summed E-state index contributed by atoms with van der Waals surface area (Å²) in [6.07, 6.45) is -4.46. The molecule has 4 aromatic rings. The molecule has 1 aromatic heterocycles. The van der Waals surface area contributed by atoms with Gasteiger partial charge in [-0.3, -0.25) is 4.79 Å². The molecule has 1 amide bonds. The predicted octanol–water partition coefficient (Wildman–Crippen LogP) is 6.84. The third kappa shape index (κ3) is 3.84. The van der Waals surface area contributed by atoms with Gasteiger partial charge in [0.1, 0.15) is 5.82 Å². The van der Waals surface area contributed by atoms with Gasteiger partial charge < -0.3 is 10.3 Å². The zero-order valence-electron chi connectivity index (χ0n) is 15.5. The van der Waals surface area contributed by atoms with E-state index >= 15 is 0 Å². The molecule has 1 heterocycles. The summed E-state index contributed by atoms with van der Waals surface area (Å²) < 4.78 is 38.9. The van der Waals surface area contributed by atoms with Crippen molar-refractivity contribution in [3.8, 4) is 11.1 Å². The van der Waals surface area contributed by atoms with Crippen LogP contribution in [0.4, 0.5) is 19.0 Å². The van der Waals surface area contributed by atoms with Gasteiger partial charge in [-0.15, -0.1) is 0 Å². The standard InChI is InChI=1S/C23H15F3N2OS/c24-23(25,26)16-12-10-15(11-13-16)22(29)28-21-19(14-6-2-1-3-7-14)20(30)17-8-4-5-9-18(17)27-21/h1-13H,(H2,27,28,29,30). The van der Waals surface area contributed by atoms with E-state index in [2.05, 4.69) is 10.3 Å². The van der Waals surface area contributed by atoms with E-state index < -0.39 is 17.6 Å². The van der Waals surface area contributed by atoms with Crippen molar-refractivity contribution in [3.05, 3.63) is 94.5 Å². The fourth-order valence-electron chi connectivity index (χ4n) is 3.21. The van der Waals surface area contributed by atoms with E-state index in [-0.39, 0.29) is 5.56 Å². The van der Waals surface area contributed by atoms with E-state index in [0.717, 1.165) is 40.7 Å². The van der Waals surface area contributed by atoms with Gasteiger partial charge in [0, 0.05) is 22.0 Å². The summed E-state index contributed by atoms with van der Waals surface area (Å²) in [5.41, 5.74) is 1.49. The van der Waals surface area contributed by atoms with Crippen molar-refractivity contribution in [1.82, 2.24) is 4.98 Å². The summed E-state index contributed by atoms with van der Waals surface area (Å²) in [6, 6.07) is 20.9. The van der Waals surface area contributed by atoms with Crippen LogP contribution in [0.15, 0.2) is 78.9 Å². The maximum atomic E-state index is 12.8. The SMILES string of the molecule is O=C(Nc1[nH]c2ccccc2c(=S)c1-c1ccccc1)c1ccc(C(F)(F)F)cc1. The Hall–Kier alpha value is -3.45. The van der Waals surface area contributed by atoms with Gasteiger partial charge in [-0.25, -0.2) is 0 Å². The summed E-state index contributed by atoms with van der Waals surface area (Å²) in [7, 11) is 0. The number of carbonyl (C=O) groups is 1. The molecule has 3 nitrogen and oxygen atoms in total. The van der Waals surface area contributed by atoms with Gasteiger partial charge in [-0.1, -0.05) is 60.7 Å². The molecule has 0 aliphatic rings. The molecule has 0 unspecified atom stereocenters. The summed E-state index contributed by atoms with van der Waals surface area (Å²) in [6.45, 7) is 0. The number of nitrogens with one attached hydrogen (secondary N) is 2. The molecule has 7 heteroatoms. The van der Waals surface area contributed by atoms with Gasteiger partial charge in [0.15, 0.2) is 0 Å². The van der Waals surface area contributed by atoms with Crippen molar-refractivity contribution < 1.29 is 18.0 Å². The number of halogens is 3. The zero-order chi connectivity index (χ0) is 21.3. The lowest BCUT2D eigenvalue weighted by Gasteiger charge is -2.14. The molecule has 0 saturated carbocycles. The molecule has 4 rings (SSSR count). The molecule has 0 saturated heterocycles. The number of anilines is 1. The van der Waals surface area contributed by atoms with E-state index in [1.165, 1.54) is 0 Å². The Morgan fingerprint density at radius 2 is 1.50 bits per heavy atom. The normalized spacial score (nSPS) is 11.4. The third-order valence-electron chi connectivity index (χ3n) is 4.68. The first-order valence-corrected chi connectivity index (χ1v) is 9.44. The zero-order valence-corrected chi connectivity index (χ0v) is 16.3. The number of pyridine rings is 1. The topological polar surface area (TPSA) is 44.9 Å². The second-order valence-corrected chi connectivity index (χ2v) is 7.05. The van der Waals surface area contributed by atoms with Crippen molar-refractivity contribution in [2.24, 2.45) is 0 Å². The fraction of sp³-hybridized carbons (Fsp3) is 0.0435. The number of rotatable bonds is 3. The van der Waals surface area contributed by atoms with Crippen molar-refractivity contribution in [1.29, 1.82) is 0 Å². The van der Waals surface area contributed by atoms with Crippen molar-refractivity contribution in [2.75, 3.05) is 5.32 Å². The first kappa shape index (κ1) is 19.8. The summed E-state index contributed by atoms with van der Waals surface area (Å²) in [4.78, 5) is 16.0. The Kier molecular flexibility index (Phi) is 5.13. The van der Waals surface area contributed by atoms with Crippen molar-refractivity contribution >= 4 is 34.8 Å². The Bertz CT molecular complexity index is 1280. The van der Waals surface area contributed by atoms with Crippen LogP contribution >= 0.6 is 12.2 Å². The summed E-state index contributed by atoms with van der Waals surface area (Å²) in [5, 5.41) is 3.61. The lowest BCUT2D eigenvalue weighted by molar-refractivity contribution is -0.137. The number of aromatic nitrogens is 1. The number of carbonyl (C=O) groups excluding carboxylic acids is 1. The number of alkyl halides is 3. The molecule has 0 atom stereocenters. The molecule has 0 fully saturated rings. The molecule has 0 aliphatic carbocycles. The molecular formula is C23H15F3N2OS. The molecule has 3 aromatic carbocycles. The van der Waals surface area contributed by atoms with Gasteiger partial charge in [0.25, 0.3) is 5.91 Å². The highest BCUT2D eigenvalue weighted by Gasteiger charge is 2.30. The second kappa shape index (κ2) is 7.76. The van der Waals surface area contributed by atoms with Gasteiger partial charge in [0.05, 0.1) is 10.1 Å². The van der Waals surface area contributed by atoms with Crippen molar-refractivity contribution in [3.63, 3.8) is 0 Å². The molecular weight excluding hydrogens is 409 g/mol. The van der Waals surface area contributed by atoms with E-state index in [0.29, 0.717) is 15.9 Å². The van der Waals surface area contributed by atoms with E-state index in [9.17, 15) is 18.0 Å². The van der Waals surface area contributed by atoms with E-state index in [1.54, 1.807) is 0 Å². The average molecular weight is 424 g/mol. The minimum absolute atomic E-state index is 0.106. The second-order valence-electron chi connectivity index (χ2n) is 6.64. The number of amides is 1. The number of benzene rings is 3. The highest BCUT2D eigenvalue weighted by atomic mass is 32.1. The van der Waals surface area contributed by atoms with Gasteiger partial charge in [0.2, 0.25) is 0 Å². The van der Waals surface area contributed by atoms with Crippen LogP contribution in [0.3, 0.4) is 0 Å². The number of aromatic amines is 1. The summed E-state index contributed by atoms with van der Waals surface area (Å²) in [5.74, 6) is -0.156. The Morgan fingerprint density at radius 1 is 0.867 bits per heavy atom. The fourth-order valence-corrected chi connectivity index (χ4v) is 3.60. The molecule has 0 radical (unpaired) electrons. The van der Waals surface area contributed by atoms with Gasteiger partial charge >= 0.3 is 6.18 Å². The van der Waals surface area contributed by atoms with Crippen LogP contribution in [0.2, 0.25) is 0 Å². The average Bonchev–Trinajstić information content (AvgIpc) is 2.74. The highest BCUT2D eigenvalue weighted by Crippen LogP contribution is 2.33. The Labute approximate surface area is 175 Å². The van der Waals surface area contributed by atoms with Gasteiger partial charge in [-0.2, -0.15) is 13.2 Å². The number of para-hydroxylation sites is 1. The maximum absolute atomic E-state index is 12.8. The number of H-pyrrole nitrogens is 1. The lowest BCUT2D eigenvalue weighted by Crippen LogP contribution is -2.15. The quantitative estimate of drug-likeness (QED) is 0.354. The van der Waals surface area contributed by atoms with Crippen LogP contribution in [-0.2, 0) is 6.18 Å². The first-order chi connectivity index (χ1) is 14.3. The van der Waals surface area contributed by atoms with Crippen LogP contribution in [0, 0.1) is 4.51 Å². The molecule has 0 bridgehead atoms. The molecule has 0 spiro atoms. The number of fused-ring (bicyclic) bond motifs is 1. The van der Waals surface area contributed by atoms with Crippen LogP contribution in [0.5, 0.6) is 0 Å². The summed E-state index contributed by atoms with van der Waals surface area (Å²) >= 11 is 5.69. The monoisotopic (exact) mass is 424 g/mol. The molecule has 0 aliphatic heterocycles. The first-order valence-electron chi connectivity index (χ1n) is 9.03. The lowest BCUT2D eigenvalue weighted by atomic mass is 10.0. The Balaban J connectivity index is 1.78. The molecule has 30 heavy (non-hydrogen) atoms. The van der Waals surface area contributed by atoms with Crippen LogP contribution in [-0.4, -0.2) is 10.9 Å². The van der Waals surface area contributed by atoms with Crippen LogP contribution in [0.25, 0.3) is 22.0 Å². The molecule has 150 valence electrons. The molecule has 2 N–H and O–H groups in total. The van der Waals surface area contributed by atoms with Crippen molar-refractivity contribution in [2.45, 2.75) is 6.18 Å². The predicted molar refractivity (Wildman–Crippen MR) is 114 cm³/mol. The number of hydrogen-bond donors (Lipinski definition) is 2. The van der Waals surface area contributed by atoms with Crippen LogP contribution in [0.1, 0.15) is 15.9 Å². The minimum atomic E-state index is -4.46. The van der Waals surface area contributed by atoms with Gasteiger partial charge in [-0.05, 0) is 35.9 Å².